The molecule has 0 spiro atoms. The average Bonchev–Trinajstić information content (AvgIpc) is 2.51. The van der Waals surface area contributed by atoms with Crippen molar-refractivity contribution in [2.24, 2.45) is 0 Å². The van der Waals surface area contributed by atoms with Gasteiger partial charge in [-0.1, -0.05) is 18.2 Å². The molecule has 8 heteroatoms. The second-order valence-electron chi connectivity index (χ2n) is 4.89. The topological polar surface area (TPSA) is 17.1 Å². The molecule has 1 nitrogen and oxygen atoms in total. The predicted octanol–water partition coefficient (Wildman–Crippen LogP) is 5.83. The maximum Gasteiger partial charge on any atom is 0.416 e. The summed E-state index contributed by atoms with van der Waals surface area (Å²) in [5.41, 5.74) is -1.69. The number of thioether (sulfide) groups is 1. The summed E-state index contributed by atoms with van der Waals surface area (Å²) in [5, 5.41) is 0. The van der Waals surface area contributed by atoms with Gasteiger partial charge in [0, 0.05) is 16.2 Å². The van der Waals surface area contributed by atoms with Crippen LogP contribution < -0.4 is 0 Å². The highest BCUT2D eigenvalue weighted by atomic mass is 32.2. The molecule has 2 aromatic carbocycles. The lowest BCUT2D eigenvalue weighted by Crippen LogP contribution is -2.10. The number of rotatable bonds is 4. The number of hydrogen-bond donors (Lipinski definition) is 0. The van der Waals surface area contributed by atoms with Crippen LogP contribution in [0.2, 0.25) is 0 Å². The Labute approximate surface area is 137 Å². The molecule has 0 atom stereocenters. The molecule has 128 valence electrons. The summed E-state index contributed by atoms with van der Waals surface area (Å²) in [6, 6.07) is 7.76. The van der Waals surface area contributed by atoms with Crippen molar-refractivity contribution in [3.63, 3.8) is 0 Å². The van der Waals surface area contributed by atoms with Gasteiger partial charge in [0.1, 0.15) is 6.29 Å². The normalized spacial score (nSPS) is 12.2. The monoisotopic (exact) mass is 364 g/mol. The number of carbonyl (C=O) groups excluding carboxylic acids is 1. The highest BCUT2D eigenvalue weighted by Crippen LogP contribution is 2.38. The average molecular weight is 364 g/mol. The van der Waals surface area contributed by atoms with Gasteiger partial charge in [0.2, 0.25) is 0 Å². The molecule has 0 saturated carbocycles. The maximum absolute atomic E-state index is 12.8. The summed E-state index contributed by atoms with van der Waals surface area (Å²) in [6.07, 6.45) is -9.12. The van der Waals surface area contributed by atoms with Gasteiger partial charge in [0.05, 0.1) is 11.1 Å². The number of carbonyl (C=O) groups is 1. The summed E-state index contributed by atoms with van der Waals surface area (Å²) < 4.78 is 76.7. The van der Waals surface area contributed by atoms with Crippen LogP contribution in [0.25, 0.3) is 0 Å². The van der Waals surface area contributed by atoms with Gasteiger partial charge in [-0.3, -0.25) is 4.79 Å². The molecule has 0 aromatic heterocycles. The molecule has 0 heterocycles. The standard InChI is InChI=1S/C16H10F6OS/c17-15(18,19)12-5-13(16(20,21)22)7-14(6-12)24-9-11-3-1-2-10(4-11)8-23/h1-8H,9H2. The first-order valence-corrected chi connectivity index (χ1v) is 7.54. The fourth-order valence-corrected chi connectivity index (χ4v) is 2.87. The SMILES string of the molecule is O=Cc1cccc(CSc2cc(C(F)(F)F)cc(C(F)(F)F)c2)c1. The molecule has 0 fully saturated rings. The van der Waals surface area contributed by atoms with Crippen LogP contribution in [0.3, 0.4) is 0 Å². The van der Waals surface area contributed by atoms with E-state index in [1.807, 2.05) is 0 Å². The molecule has 0 radical (unpaired) electrons. The van der Waals surface area contributed by atoms with E-state index >= 15 is 0 Å². The Morgan fingerprint density at radius 1 is 0.875 bits per heavy atom. The van der Waals surface area contributed by atoms with Crippen molar-refractivity contribution in [2.75, 3.05) is 0 Å². The second kappa shape index (κ2) is 6.88. The van der Waals surface area contributed by atoms with Crippen LogP contribution in [-0.4, -0.2) is 6.29 Å². The molecule has 2 aromatic rings. The van der Waals surface area contributed by atoms with E-state index in [1.54, 1.807) is 18.2 Å². The zero-order valence-electron chi connectivity index (χ0n) is 11.9. The van der Waals surface area contributed by atoms with Crippen molar-refractivity contribution < 1.29 is 31.1 Å². The molecule has 0 aliphatic carbocycles. The van der Waals surface area contributed by atoms with Crippen molar-refractivity contribution in [3.05, 3.63) is 64.7 Å². The molecule has 0 aliphatic heterocycles. The molecule has 0 amide bonds. The number of halogens is 6. The lowest BCUT2D eigenvalue weighted by molar-refractivity contribution is -0.143. The third-order valence-electron chi connectivity index (χ3n) is 3.05. The first-order chi connectivity index (χ1) is 11.1. The van der Waals surface area contributed by atoms with Crippen LogP contribution in [0.4, 0.5) is 26.3 Å². The largest absolute Gasteiger partial charge is 0.416 e. The lowest BCUT2D eigenvalue weighted by Gasteiger charge is -2.14. The van der Waals surface area contributed by atoms with Crippen molar-refractivity contribution in [1.82, 2.24) is 0 Å². The fraction of sp³-hybridized carbons (Fsp3) is 0.188. The van der Waals surface area contributed by atoms with Crippen LogP contribution >= 0.6 is 11.8 Å². The third kappa shape index (κ3) is 4.77. The molecule has 0 saturated heterocycles. The number of benzene rings is 2. The minimum atomic E-state index is -4.87. The van der Waals surface area contributed by atoms with Gasteiger partial charge < -0.3 is 0 Å². The van der Waals surface area contributed by atoms with Crippen molar-refractivity contribution >= 4 is 18.0 Å². The number of aldehydes is 1. The van der Waals surface area contributed by atoms with E-state index in [-0.39, 0.29) is 16.7 Å². The minimum Gasteiger partial charge on any atom is -0.298 e. The molecule has 24 heavy (non-hydrogen) atoms. The van der Waals surface area contributed by atoms with Gasteiger partial charge in [-0.05, 0) is 29.8 Å². The minimum absolute atomic E-state index is 0.0943. The predicted molar refractivity (Wildman–Crippen MR) is 77.8 cm³/mol. The van der Waals surface area contributed by atoms with Crippen LogP contribution in [0.5, 0.6) is 0 Å². The summed E-state index contributed by atoms with van der Waals surface area (Å²) in [5.74, 6) is 0.139. The Morgan fingerprint density at radius 3 is 1.96 bits per heavy atom. The lowest BCUT2D eigenvalue weighted by atomic mass is 10.1. The summed E-state index contributed by atoms with van der Waals surface area (Å²) in [4.78, 5) is 10.5. The van der Waals surface area contributed by atoms with Gasteiger partial charge >= 0.3 is 12.4 Å². The summed E-state index contributed by atoms with van der Waals surface area (Å²) in [7, 11) is 0. The second-order valence-corrected chi connectivity index (χ2v) is 5.94. The fourth-order valence-electron chi connectivity index (χ4n) is 1.93. The van der Waals surface area contributed by atoms with E-state index in [0.29, 0.717) is 29.5 Å². The zero-order valence-corrected chi connectivity index (χ0v) is 12.7. The maximum atomic E-state index is 12.8. The van der Waals surface area contributed by atoms with E-state index in [1.165, 1.54) is 6.07 Å². The van der Waals surface area contributed by atoms with Gasteiger partial charge in [0.25, 0.3) is 0 Å². The Hall–Kier alpha value is -1.96. The first-order valence-electron chi connectivity index (χ1n) is 6.56. The number of alkyl halides is 6. The van der Waals surface area contributed by atoms with Crippen molar-refractivity contribution in [2.45, 2.75) is 23.0 Å². The molecule has 0 aliphatic rings. The Kier molecular flexibility index (Phi) is 5.27. The Bertz CT molecular complexity index is 704. The van der Waals surface area contributed by atoms with Crippen LogP contribution in [0.15, 0.2) is 47.4 Å². The summed E-state index contributed by atoms with van der Waals surface area (Å²) >= 11 is 0.837. The van der Waals surface area contributed by atoms with E-state index < -0.39 is 23.5 Å². The third-order valence-corrected chi connectivity index (χ3v) is 4.10. The first kappa shape index (κ1) is 18.4. The van der Waals surface area contributed by atoms with Crippen LogP contribution in [0.1, 0.15) is 27.0 Å². The van der Waals surface area contributed by atoms with E-state index in [0.717, 1.165) is 11.8 Å². The summed E-state index contributed by atoms with van der Waals surface area (Å²) in [6.45, 7) is 0. The molecule has 0 unspecified atom stereocenters. The van der Waals surface area contributed by atoms with Gasteiger partial charge in [-0.15, -0.1) is 11.8 Å². The van der Waals surface area contributed by atoms with Crippen LogP contribution in [-0.2, 0) is 18.1 Å². The molecule has 0 N–H and O–H groups in total. The molecular weight excluding hydrogens is 354 g/mol. The smallest absolute Gasteiger partial charge is 0.298 e. The van der Waals surface area contributed by atoms with E-state index in [4.69, 9.17) is 0 Å². The van der Waals surface area contributed by atoms with Gasteiger partial charge in [0.15, 0.2) is 0 Å². The highest BCUT2D eigenvalue weighted by Gasteiger charge is 2.36. The highest BCUT2D eigenvalue weighted by molar-refractivity contribution is 7.98. The Balaban J connectivity index is 2.30. The van der Waals surface area contributed by atoms with Crippen molar-refractivity contribution in [1.29, 1.82) is 0 Å². The van der Waals surface area contributed by atoms with Crippen molar-refractivity contribution in [3.8, 4) is 0 Å². The molecular formula is C16H10F6OS. The van der Waals surface area contributed by atoms with E-state index in [9.17, 15) is 31.1 Å². The van der Waals surface area contributed by atoms with Gasteiger partial charge in [-0.25, -0.2) is 0 Å². The zero-order chi connectivity index (χ0) is 18.0. The van der Waals surface area contributed by atoms with E-state index in [2.05, 4.69) is 0 Å². The molecule has 2 rings (SSSR count). The quantitative estimate of drug-likeness (QED) is 0.386. The number of hydrogen-bond acceptors (Lipinski definition) is 2. The molecule has 0 bridgehead atoms. The Morgan fingerprint density at radius 2 is 1.46 bits per heavy atom. The van der Waals surface area contributed by atoms with Gasteiger partial charge in [-0.2, -0.15) is 26.3 Å². The van der Waals surface area contributed by atoms with Crippen LogP contribution in [0, 0.1) is 0 Å².